The van der Waals surface area contributed by atoms with E-state index in [9.17, 15) is 13.2 Å². The minimum Gasteiger partial charge on any atom is -0.329 e. The third kappa shape index (κ3) is 3.52. The van der Waals surface area contributed by atoms with E-state index in [2.05, 4.69) is 11.8 Å². The molecular weight excluding hydrogens is 265 g/mol. The second-order valence-corrected chi connectivity index (χ2v) is 5.54. The molecule has 0 amide bonds. The predicted molar refractivity (Wildman–Crippen MR) is 73.1 cm³/mol. The topological polar surface area (TPSA) is 29.3 Å². The van der Waals surface area contributed by atoms with Gasteiger partial charge in [-0.3, -0.25) is 4.90 Å². The second-order valence-electron chi connectivity index (χ2n) is 5.54. The molecule has 0 aromatic heterocycles. The maximum Gasteiger partial charge on any atom is 0.416 e. The zero-order chi connectivity index (χ0) is 14.8. The molecule has 0 aliphatic carbocycles. The summed E-state index contributed by atoms with van der Waals surface area (Å²) in [5.74, 6) is 0. The highest BCUT2D eigenvalue weighted by Gasteiger charge is 2.31. The van der Waals surface area contributed by atoms with Gasteiger partial charge in [0, 0.05) is 25.2 Å². The maximum absolute atomic E-state index is 12.7. The van der Waals surface area contributed by atoms with Crippen LogP contribution in [0.3, 0.4) is 0 Å². The fourth-order valence-electron chi connectivity index (χ4n) is 2.94. The summed E-state index contributed by atoms with van der Waals surface area (Å²) in [4.78, 5) is 2.24. The zero-order valence-electron chi connectivity index (χ0n) is 11.7. The van der Waals surface area contributed by atoms with Gasteiger partial charge < -0.3 is 5.73 Å². The average molecular weight is 286 g/mol. The van der Waals surface area contributed by atoms with Crippen molar-refractivity contribution in [1.29, 1.82) is 0 Å². The Bertz CT molecular complexity index is 445. The van der Waals surface area contributed by atoms with Crippen molar-refractivity contribution in [2.75, 3.05) is 6.54 Å². The third-order valence-corrected chi connectivity index (χ3v) is 4.09. The molecule has 0 spiro atoms. The first-order valence-electron chi connectivity index (χ1n) is 7.03. The predicted octanol–water partition coefficient (Wildman–Crippen LogP) is 3.41. The molecule has 2 rings (SSSR count). The van der Waals surface area contributed by atoms with Crippen LogP contribution in [0.25, 0.3) is 0 Å². The van der Waals surface area contributed by atoms with E-state index >= 15 is 0 Å². The summed E-state index contributed by atoms with van der Waals surface area (Å²) in [5.41, 5.74) is 5.91. The SMILES string of the molecule is CC1CCCC(CN)N1Cc1cccc(C(F)(F)F)c1. The molecule has 1 fully saturated rings. The molecule has 1 aromatic carbocycles. The van der Waals surface area contributed by atoms with Gasteiger partial charge in [-0.25, -0.2) is 0 Å². The first-order chi connectivity index (χ1) is 9.41. The molecule has 1 aliphatic heterocycles. The Morgan fingerprint density at radius 3 is 2.70 bits per heavy atom. The fourth-order valence-corrected chi connectivity index (χ4v) is 2.94. The molecule has 20 heavy (non-hydrogen) atoms. The minimum absolute atomic E-state index is 0.272. The van der Waals surface area contributed by atoms with Gasteiger partial charge in [0.2, 0.25) is 0 Å². The number of rotatable bonds is 3. The highest BCUT2D eigenvalue weighted by molar-refractivity contribution is 5.25. The number of hydrogen-bond acceptors (Lipinski definition) is 2. The summed E-state index contributed by atoms with van der Waals surface area (Å²) < 4.78 is 38.2. The van der Waals surface area contributed by atoms with Gasteiger partial charge in [0.05, 0.1) is 5.56 Å². The van der Waals surface area contributed by atoms with Crippen molar-refractivity contribution < 1.29 is 13.2 Å². The first kappa shape index (κ1) is 15.3. The zero-order valence-corrected chi connectivity index (χ0v) is 11.7. The van der Waals surface area contributed by atoms with Crippen molar-refractivity contribution in [2.24, 2.45) is 5.73 Å². The Morgan fingerprint density at radius 2 is 2.05 bits per heavy atom. The van der Waals surface area contributed by atoms with Gasteiger partial charge in [-0.15, -0.1) is 0 Å². The maximum atomic E-state index is 12.7. The van der Waals surface area contributed by atoms with E-state index in [-0.39, 0.29) is 6.04 Å². The molecule has 1 heterocycles. The summed E-state index contributed by atoms with van der Waals surface area (Å²) in [6, 6.07) is 6.23. The normalized spacial score (nSPS) is 24.9. The van der Waals surface area contributed by atoms with E-state index in [4.69, 9.17) is 5.73 Å². The highest BCUT2D eigenvalue weighted by atomic mass is 19.4. The Kier molecular flexibility index (Phi) is 4.70. The summed E-state index contributed by atoms with van der Waals surface area (Å²) in [5, 5.41) is 0. The minimum atomic E-state index is -4.28. The molecular formula is C15H21F3N2. The van der Waals surface area contributed by atoms with Crippen LogP contribution < -0.4 is 5.73 Å². The van der Waals surface area contributed by atoms with E-state index in [1.54, 1.807) is 6.07 Å². The smallest absolute Gasteiger partial charge is 0.329 e. The number of halogens is 3. The van der Waals surface area contributed by atoms with Crippen LogP contribution in [0.1, 0.15) is 37.3 Å². The number of likely N-dealkylation sites (tertiary alicyclic amines) is 1. The molecule has 2 nitrogen and oxygen atoms in total. The monoisotopic (exact) mass is 286 g/mol. The van der Waals surface area contributed by atoms with Crippen LogP contribution in [0, 0.1) is 0 Å². The third-order valence-electron chi connectivity index (χ3n) is 4.09. The number of nitrogens with zero attached hydrogens (tertiary/aromatic N) is 1. The van der Waals surface area contributed by atoms with Crippen molar-refractivity contribution >= 4 is 0 Å². The van der Waals surface area contributed by atoms with E-state index in [1.807, 2.05) is 0 Å². The van der Waals surface area contributed by atoms with Gasteiger partial charge in [-0.1, -0.05) is 24.6 Å². The van der Waals surface area contributed by atoms with E-state index in [0.29, 0.717) is 24.7 Å². The molecule has 5 heteroatoms. The quantitative estimate of drug-likeness (QED) is 0.922. The lowest BCUT2D eigenvalue weighted by Gasteiger charge is -2.40. The number of hydrogen-bond donors (Lipinski definition) is 1. The molecule has 112 valence electrons. The molecule has 2 N–H and O–H groups in total. The Balaban J connectivity index is 2.16. The van der Waals surface area contributed by atoms with Crippen LogP contribution in [-0.2, 0) is 12.7 Å². The molecule has 1 saturated heterocycles. The average Bonchev–Trinajstić information content (AvgIpc) is 2.40. The summed E-state index contributed by atoms with van der Waals surface area (Å²) >= 11 is 0. The van der Waals surface area contributed by atoms with Gasteiger partial charge in [0.25, 0.3) is 0 Å². The largest absolute Gasteiger partial charge is 0.416 e. The molecule has 0 bridgehead atoms. The van der Waals surface area contributed by atoms with Crippen molar-refractivity contribution in [3.8, 4) is 0 Å². The van der Waals surface area contributed by atoms with Crippen LogP contribution in [0.2, 0.25) is 0 Å². The van der Waals surface area contributed by atoms with Crippen LogP contribution in [0.4, 0.5) is 13.2 Å². The van der Waals surface area contributed by atoms with Crippen LogP contribution in [0.5, 0.6) is 0 Å². The van der Waals surface area contributed by atoms with Gasteiger partial charge in [0.1, 0.15) is 0 Å². The fraction of sp³-hybridized carbons (Fsp3) is 0.600. The molecule has 2 atom stereocenters. The van der Waals surface area contributed by atoms with E-state index < -0.39 is 11.7 Å². The van der Waals surface area contributed by atoms with E-state index in [1.165, 1.54) is 12.1 Å². The van der Waals surface area contributed by atoms with Crippen molar-refractivity contribution in [3.05, 3.63) is 35.4 Å². The van der Waals surface area contributed by atoms with Crippen molar-refractivity contribution in [2.45, 2.75) is 51.0 Å². The summed E-state index contributed by atoms with van der Waals surface area (Å²) in [7, 11) is 0. The van der Waals surface area contributed by atoms with Gasteiger partial charge in [-0.05, 0) is 31.4 Å². The Hall–Kier alpha value is -1.07. The standard InChI is InChI=1S/C15H21F3N2/c1-11-4-2-7-14(9-19)20(11)10-12-5-3-6-13(8-12)15(16,17)18/h3,5-6,8,11,14H,2,4,7,9-10,19H2,1H3. The second kappa shape index (κ2) is 6.14. The molecule has 0 radical (unpaired) electrons. The number of piperidine rings is 1. The lowest BCUT2D eigenvalue weighted by Crippen LogP contribution is -2.48. The molecule has 1 aromatic rings. The van der Waals surface area contributed by atoms with Crippen LogP contribution in [0.15, 0.2) is 24.3 Å². The molecule has 2 unspecified atom stereocenters. The number of alkyl halides is 3. The van der Waals surface area contributed by atoms with Crippen molar-refractivity contribution in [1.82, 2.24) is 4.90 Å². The highest BCUT2D eigenvalue weighted by Crippen LogP contribution is 2.31. The Morgan fingerprint density at radius 1 is 1.30 bits per heavy atom. The number of benzene rings is 1. The summed E-state index contributed by atoms with van der Waals surface area (Å²) in [6.45, 7) is 3.21. The van der Waals surface area contributed by atoms with Crippen LogP contribution >= 0.6 is 0 Å². The van der Waals surface area contributed by atoms with Gasteiger partial charge >= 0.3 is 6.18 Å². The summed E-state index contributed by atoms with van der Waals surface area (Å²) in [6.07, 6.45) is -1.03. The lowest BCUT2D eigenvalue weighted by molar-refractivity contribution is -0.137. The molecule has 0 saturated carbocycles. The van der Waals surface area contributed by atoms with Gasteiger partial charge in [-0.2, -0.15) is 13.2 Å². The lowest BCUT2D eigenvalue weighted by atomic mass is 9.95. The Labute approximate surface area is 117 Å². The molecule has 1 aliphatic rings. The van der Waals surface area contributed by atoms with Crippen LogP contribution in [-0.4, -0.2) is 23.5 Å². The first-order valence-corrected chi connectivity index (χ1v) is 7.03. The van der Waals surface area contributed by atoms with Crippen molar-refractivity contribution in [3.63, 3.8) is 0 Å². The van der Waals surface area contributed by atoms with E-state index in [0.717, 1.165) is 25.3 Å². The number of nitrogens with two attached hydrogens (primary N) is 1. The van der Waals surface area contributed by atoms with Gasteiger partial charge in [0.15, 0.2) is 0 Å².